The van der Waals surface area contributed by atoms with E-state index >= 15 is 0 Å². The first-order chi connectivity index (χ1) is 17.1. The van der Waals surface area contributed by atoms with Gasteiger partial charge in [0.1, 0.15) is 0 Å². The van der Waals surface area contributed by atoms with Gasteiger partial charge in [0.15, 0.2) is 9.84 Å². The zero-order valence-corrected chi connectivity index (χ0v) is 22.2. The summed E-state index contributed by atoms with van der Waals surface area (Å²) in [4.78, 5) is 13.3. The number of carbonyl (C=O) groups is 1. The molecule has 2 aliphatic rings. The Labute approximate surface area is 214 Å². The minimum absolute atomic E-state index is 0.199. The Balaban J connectivity index is 1.43. The number of quaternary nitrogens is 1. The lowest BCUT2D eigenvalue weighted by Gasteiger charge is -2.26. The van der Waals surface area contributed by atoms with Gasteiger partial charge in [-0.25, -0.2) is 13.2 Å². The molecule has 1 atom stereocenters. The van der Waals surface area contributed by atoms with Crippen LogP contribution in [0.4, 0.5) is 11.4 Å². The fourth-order valence-corrected chi connectivity index (χ4v) is 6.82. The Morgan fingerprint density at radius 2 is 1.75 bits per heavy atom. The molecular formula is C30H35N2O3S+. The largest absolute Gasteiger partial charge is 0.355 e. The third-order valence-corrected chi connectivity index (χ3v) is 9.64. The molecule has 6 heteroatoms. The van der Waals surface area contributed by atoms with Crippen molar-refractivity contribution in [3.63, 3.8) is 0 Å². The maximum absolute atomic E-state index is 13.3. The van der Waals surface area contributed by atoms with Gasteiger partial charge >= 0.3 is 5.91 Å². The van der Waals surface area contributed by atoms with Crippen LogP contribution in [0.2, 0.25) is 0 Å². The highest BCUT2D eigenvalue weighted by molar-refractivity contribution is 7.91. The third-order valence-electron chi connectivity index (χ3n) is 8.02. The number of nitrogens with one attached hydrogen (secondary N) is 1. The molecule has 1 unspecified atom stereocenters. The first kappa shape index (κ1) is 24.7. The van der Waals surface area contributed by atoms with Crippen molar-refractivity contribution in [1.82, 2.24) is 0 Å². The van der Waals surface area contributed by atoms with Crippen LogP contribution in [-0.4, -0.2) is 50.5 Å². The van der Waals surface area contributed by atoms with Crippen LogP contribution < -0.4 is 5.32 Å². The normalized spacial score (nSPS) is 19.0. The van der Waals surface area contributed by atoms with Gasteiger partial charge in [0.2, 0.25) is 0 Å². The predicted octanol–water partition coefficient (Wildman–Crippen LogP) is 5.69. The van der Waals surface area contributed by atoms with Gasteiger partial charge in [0.25, 0.3) is 0 Å². The van der Waals surface area contributed by atoms with Crippen LogP contribution >= 0.6 is 0 Å². The van der Waals surface area contributed by atoms with Crippen LogP contribution in [0.1, 0.15) is 46.3 Å². The molecule has 1 aliphatic heterocycles. The molecule has 1 amide bonds. The van der Waals surface area contributed by atoms with Crippen LogP contribution in [0.15, 0.2) is 60.7 Å². The van der Waals surface area contributed by atoms with Gasteiger partial charge in [-0.15, -0.1) is 0 Å². The van der Waals surface area contributed by atoms with Crippen molar-refractivity contribution in [2.24, 2.45) is 0 Å². The van der Waals surface area contributed by atoms with Crippen LogP contribution in [0, 0.1) is 6.92 Å². The van der Waals surface area contributed by atoms with Crippen LogP contribution in [-0.2, 0) is 22.7 Å². The first-order valence-electron chi connectivity index (χ1n) is 12.8. The molecule has 3 aromatic carbocycles. The van der Waals surface area contributed by atoms with Gasteiger partial charge in [-0.05, 0) is 84.3 Å². The van der Waals surface area contributed by atoms with Crippen LogP contribution in [0.3, 0.4) is 0 Å². The second-order valence-corrected chi connectivity index (χ2v) is 13.1. The topological polar surface area (TPSA) is 63.2 Å². The number of carbonyl (C=O) groups excluding carboxylic acids is 1. The van der Waals surface area contributed by atoms with Crippen molar-refractivity contribution in [3.05, 3.63) is 82.9 Å². The van der Waals surface area contributed by atoms with E-state index in [-0.39, 0.29) is 11.2 Å². The number of sulfone groups is 1. The quantitative estimate of drug-likeness (QED) is 0.455. The summed E-state index contributed by atoms with van der Waals surface area (Å²) in [6, 6.07) is 20.5. The third kappa shape index (κ3) is 4.84. The monoisotopic (exact) mass is 503 g/mol. The molecule has 5 nitrogen and oxygen atoms in total. The van der Waals surface area contributed by atoms with Crippen molar-refractivity contribution in [2.75, 3.05) is 31.7 Å². The molecule has 5 rings (SSSR count). The summed E-state index contributed by atoms with van der Waals surface area (Å²) in [5, 5.41) is 3.29. The average molecular weight is 504 g/mol. The molecule has 1 fully saturated rings. The Morgan fingerprint density at radius 3 is 2.50 bits per heavy atom. The fourth-order valence-electron chi connectivity index (χ4n) is 5.79. The van der Waals surface area contributed by atoms with Crippen molar-refractivity contribution >= 4 is 27.1 Å². The van der Waals surface area contributed by atoms with Crippen molar-refractivity contribution in [2.45, 2.75) is 44.3 Å². The SMILES string of the molecule is Cc1ccc(Nc2cccc3c2CCC(S(C)(=O)=O)C3)cc1-c1cccc(C(=O)[N+]2(C)CCCC2)c1. The average Bonchev–Trinajstić information content (AvgIpc) is 3.31. The highest BCUT2D eigenvalue weighted by Gasteiger charge is 2.36. The lowest BCUT2D eigenvalue weighted by Crippen LogP contribution is -2.46. The van der Waals surface area contributed by atoms with Gasteiger partial charge in [-0.3, -0.25) is 4.48 Å². The number of nitrogens with zero attached hydrogens (tertiary/aromatic N) is 1. The van der Waals surface area contributed by atoms with E-state index in [9.17, 15) is 13.2 Å². The summed E-state index contributed by atoms with van der Waals surface area (Å²) >= 11 is 0. The molecule has 0 bridgehead atoms. The number of likely N-dealkylation sites (tertiary alicyclic amines) is 1. The van der Waals surface area contributed by atoms with Crippen molar-refractivity contribution in [3.8, 4) is 11.1 Å². The first-order valence-corrected chi connectivity index (χ1v) is 14.8. The predicted molar refractivity (Wildman–Crippen MR) is 146 cm³/mol. The van der Waals surface area contributed by atoms with E-state index in [0.29, 0.717) is 17.3 Å². The number of anilines is 2. The number of fused-ring (bicyclic) bond motifs is 1. The van der Waals surface area contributed by atoms with Gasteiger partial charge in [-0.2, -0.15) is 0 Å². The summed E-state index contributed by atoms with van der Waals surface area (Å²) in [5.74, 6) is 0.199. The number of hydrogen-bond donors (Lipinski definition) is 1. The van der Waals surface area contributed by atoms with E-state index in [1.165, 1.54) is 11.8 Å². The van der Waals surface area contributed by atoms with E-state index < -0.39 is 9.84 Å². The molecule has 3 aromatic rings. The Bertz CT molecular complexity index is 1420. The maximum Gasteiger partial charge on any atom is 0.345 e. The smallest absolute Gasteiger partial charge is 0.345 e. The minimum atomic E-state index is -3.05. The van der Waals surface area contributed by atoms with Gasteiger partial charge < -0.3 is 5.32 Å². The molecule has 0 radical (unpaired) electrons. The van der Waals surface area contributed by atoms with E-state index in [1.54, 1.807) is 0 Å². The van der Waals surface area contributed by atoms with Gasteiger partial charge in [-0.1, -0.05) is 30.3 Å². The number of hydrogen-bond acceptors (Lipinski definition) is 4. The van der Waals surface area contributed by atoms with Gasteiger partial charge in [0, 0.05) is 30.5 Å². The summed E-state index contributed by atoms with van der Waals surface area (Å²) in [7, 11) is -0.994. The molecule has 188 valence electrons. The lowest BCUT2D eigenvalue weighted by molar-refractivity contribution is -0.815. The Kier molecular flexibility index (Phi) is 6.52. The molecule has 1 N–H and O–H groups in total. The maximum atomic E-state index is 13.3. The van der Waals surface area contributed by atoms with Crippen molar-refractivity contribution in [1.29, 1.82) is 0 Å². The second kappa shape index (κ2) is 9.49. The zero-order valence-electron chi connectivity index (χ0n) is 21.4. The molecule has 0 saturated carbocycles. The Hall–Kier alpha value is -2.96. The number of benzene rings is 3. The van der Waals surface area contributed by atoms with Crippen LogP contribution in [0.25, 0.3) is 11.1 Å². The second-order valence-electron chi connectivity index (χ2n) is 10.7. The summed E-state index contributed by atoms with van der Waals surface area (Å²) in [5.41, 5.74) is 8.38. The zero-order chi connectivity index (χ0) is 25.5. The van der Waals surface area contributed by atoms with E-state index in [2.05, 4.69) is 49.6 Å². The molecule has 1 aliphatic carbocycles. The van der Waals surface area contributed by atoms with Crippen LogP contribution in [0.5, 0.6) is 0 Å². The molecule has 0 spiro atoms. The standard InChI is InChI=1S/C30H35N2O3S/c1-21-12-13-25(31-29-11-7-9-23-19-26(36(3,34)35)14-15-27(23)29)20-28(21)22-8-6-10-24(18-22)30(33)32(2)16-4-5-17-32/h6-13,18,20,26,31H,4-5,14-17,19H2,1-3H3/q+1. The number of amides is 1. The van der Waals surface area contributed by atoms with E-state index in [4.69, 9.17) is 0 Å². The summed E-state index contributed by atoms with van der Waals surface area (Å²) in [6.45, 7) is 3.92. The lowest BCUT2D eigenvalue weighted by atomic mass is 9.90. The molecule has 1 saturated heterocycles. The summed E-state index contributed by atoms with van der Waals surface area (Å²) < 4.78 is 24.7. The number of rotatable bonds is 5. The van der Waals surface area contributed by atoms with Crippen molar-refractivity contribution < 1.29 is 17.7 Å². The highest BCUT2D eigenvalue weighted by Crippen LogP contribution is 2.34. The van der Waals surface area contributed by atoms with Gasteiger partial charge in [0.05, 0.1) is 31.0 Å². The van der Waals surface area contributed by atoms with E-state index in [1.807, 2.05) is 30.3 Å². The van der Waals surface area contributed by atoms with E-state index in [0.717, 1.165) is 71.5 Å². The molecule has 36 heavy (non-hydrogen) atoms. The molecule has 0 aromatic heterocycles. The molecular weight excluding hydrogens is 468 g/mol. The molecule has 1 heterocycles. The highest BCUT2D eigenvalue weighted by atomic mass is 32.2. The fraction of sp³-hybridized carbons (Fsp3) is 0.367. The summed E-state index contributed by atoms with van der Waals surface area (Å²) in [6.07, 6.45) is 5.52. The Morgan fingerprint density at radius 1 is 1.00 bits per heavy atom. The minimum Gasteiger partial charge on any atom is -0.355 e. The number of aryl methyl sites for hydroxylation is 1.